The Morgan fingerprint density at radius 3 is 2.62 bits per heavy atom. The van der Waals surface area contributed by atoms with E-state index in [0.717, 1.165) is 28.8 Å². The van der Waals surface area contributed by atoms with Crippen LogP contribution in [0.25, 0.3) is 0 Å². The number of rotatable bonds is 5. The van der Waals surface area contributed by atoms with Gasteiger partial charge in [0, 0.05) is 25.2 Å². The number of anilines is 1. The largest absolute Gasteiger partial charge is 0.338 e. The van der Waals surface area contributed by atoms with E-state index in [1.165, 1.54) is 0 Å². The van der Waals surface area contributed by atoms with Crippen molar-refractivity contribution in [1.29, 1.82) is 0 Å². The number of nitrogens with zero attached hydrogens (tertiary/aromatic N) is 1. The first kappa shape index (κ1) is 16.2. The second kappa shape index (κ2) is 7.30. The molecule has 0 aliphatic carbocycles. The SMILES string of the molecule is CCN(Cc1ccccc1)C(=O)Cc1ccc2c(c1)CCC(=O)N2. The molecule has 2 aromatic rings. The minimum absolute atomic E-state index is 0.0614. The maximum Gasteiger partial charge on any atom is 0.227 e. The van der Waals surface area contributed by atoms with Crippen molar-refractivity contribution < 1.29 is 9.59 Å². The number of hydrogen-bond acceptors (Lipinski definition) is 2. The Bertz CT molecular complexity index is 741. The van der Waals surface area contributed by atoms with E-state index in [2.05, 4.69) is 5.32 Å². The lowest BCUT2D eigenvalue weighted by molar-refractivity contribution is -0.130. The number of fused-ring (bicyclic) bond motifs is 1. The summed E-state index contributed by atoms with van der Waals surface area (Å²) in [6.45, 7) is 3.33. The summed E-state index contributed by atoms with van der Waals surface area (Å²) in [6, 6.07) is 15.9. The molecule has 124 valence electrons. The van der Waals surface area contributed by atoms with Gasteiger partial charge in [0.2, 0.25) is 11.8 Å². The van der Waals surface area contributed by atoms with Crippen molar-refractivity contribution in [2.45, 2.75) is 32.7 Å². The molecule has 0 unspecified atom stereocenters. The summed E-state index contributed by atoms with van der Waals surface area (Å²) in [7, 11) is 0. The van der Waals surface area contributed by atoms with Gasteiger partial charge in [-0.05, 0) is 36.1 Å². The molecule has 0 saturated heterocycles. The zero-order valence-corrected chi connectivity index (χ0v) is 13.9. The normalized spacial score (nSPS) is 13.1. The van der Waals surface area contributed by atoms with Crippen molar-refractivity contribution in [2.24, 2.45) is 0 Å². The van der Waals surface area contributed by atoms with Crippen molar-refractivity contribution in [1.82, 2.24) is 4.90 Å². The Kier molecular flexibility index (Phi) is 4.94. The van der Waals surface area contributed by atoms with Gasteiger partial charge in [0.15, 0.2) is 0 Å². The lowest BCUT2D eigenvalue weighted by atomic mass is 9.99. The van der Waals surface area contributed by atoms with Crippen LogP contribution in [0, 0.1) is 0 Å². The van der Waals surface area contributed by atoms with E-state index in [-0.39, 0.29) is 11.8 Å². The highest BCUT2D eigenvalue weighted by molar-refractivity contribution is 5.94. The van der Waals surface area contributed by atoms with Crippen molar-refractivity contribution >= 4 is 17.5 Å². The van der Waals surface area contributed by atoms with E-state index in [0.29, 0.717) is 25.9 Å². The van der Waals surface area contributed by atoms with Gasteiger partial charge in [-0.1, -0.05) is 42.5 Å². The molecule has 0 aromatic heterocycles. The smallest absolute Gasteiger partial charge is 0.227 e. The third kappa shape index (κ3) is 3.82. The van der Waals surface area contributed by atoms with Gasteiger partial charge in [0.25, 0.3) is 0 Å². The van der Waals surface area contributed by atoms with Crippen molar-refractivity contribution in [3.63, 3.8) is 0 Å². The summed E-state index contributed by atoms with van der Waals surface area (Å²) in [5.74, 6) is 0.187. The summed E-state index contributed by atoms with van der Waals surface area (Å²) in [5, 5.41) is 2.87. The lowest BCUT2D eigenvalue weighted by Gasteiger charge is -2.22. The average molecular weight is 322 g/mol. The van der Waals surface area contributed by atoms with Crippen molar-refractivity contribution in [3.8, 4) is 0 Å². The maximum absolute atomic E-state index is 12.6. The fourth-order valence-electron chi connectivity index (χ4n) is 3.01. The predicted octanol–water partition coefficient (Wildman–Crippen LogP) is 3.16. The van der Waals surface area contributed by atoms with Crippen LogP contribution < -0.4 is 5.32 Å². The number of amides is 2. The molecule has 0 radical (unpaired) electrons. The standard InChI is InChI=1S/C20H22N2O2/c1-2-22(14-15-6-4-3-5-7-15)20(24)13-16-8-10-18-17(12-16)9-11-19(23)21-18/h3-8,10,12H,2,9,11,13-14H2,1H3,(H,21,23). The highest BCUT2D eigenvalue weighted by Gasteiger charge is 2.17. The van der Waals surface area contributed by atoms with Crippen LogP contribution in [0.5, 0.6) is 0 Å². The first-order valence-electron chi connectivity index (χ1n) is 8.39. The first-order valence-corrected chi connectivity index (χ1v) is 8.39. The number of hydrogen-bond donors (Lipinski definition) is 1. The molecule has 4 heteroatoms. The second-order valence-corrected chi connectivity index (χ2v) is 6.11. The molecular weight excluding hydrogens is 300 g/mol. The number of carbonyl (C=O) groups is 2. The molecule has 0 atom stereocenters. The average Bonchev–Trinajstić information content (AvgIpc) is 2.60. The number of benzene rings is 2. The van der Waals surface area contributed by atoms with Crippen molar-refractivity contribution in [2.75, 3.05) is 11.9 Å². The highest BCUT2D eigenvalue weighted by Crippen LogP contribution is 2.24. The van der Waals surface area contributed by atoms with E-state index >= 15 is 0 Å². The van der Waals surface area contributed by atoms with Gasteiger partial charge >= 0.3 is 0 Å². The first-order chi connectivity index (χ1) is 11.7. The quantitative estimate of drug-likeness (QED) is 0.919. The third-order valence-electron chi connectivity index (χ3n) is 4.37. The van der Waals surface area contributed by atoms with Gasteiger partial charge < -0.3 is 10.2 Å². The van der Waals surface area contributed by atoms with E-state index in [1.807, 2.05) is 60.4 Å². The monoisotopic (exact) mass is 322 g/mol. The molecular formula is C20H22N2O2. The van der Waals surface area contributed by atoms with Gasteiger partial charge in [-0.3, -0.25) is 9.59 Å². The van der Waals surface area contributed by atoms with Gasteiger partial charge in [0.05, 0.1) is 6.42 Å². The molecule has 0 fully saturated rings. The number of likely N-dealkylation sites (N-methyl/N-ethyl adjacent to an activating group) is 1. The number of aryl methyl sites for hydroxylation is 1. The predicted molar refractivity (Wildman–Crippen MR) is 94.6 cm³/mol. The molecule has 4 nitrogen and oxygen atoms in total. The summed E-state index contributed by atoms with van der Waals surface area (Å²) in [5.41, 5.74) is 4.13. The van der Waals surface area contributed by atoms with Crippen LogP contribution in [-0.2, 0) is 29.0 Å². The molecule has 0 spiro atoms. The minimum atomic E-state index is 0.0614. The Morgan fingerprint density at radius 2 is 1.88 bits per heavy atom. The van der Waals surface area contributed by atoms with E-state index in [4.69, 9.17) is 0 Å². The summed E-state index contributed by atoms with van der Waals surface area (Å²) >= 11 is 0. The molecule has 1 heterocycles. The summed E-state index contributed by atoms with van der Waals surface area (Å²) < 4.78 is 0. The Hall–Kier alpha value is -2.62. The van der Waals surface area contributed by atoms with Crippen LogP contribution >= 0.6 is 0 Å². The highest BCUT2D eigenvalue weighted by atomic mass is 16.2. The second-order valence-electron chi connectivity index (χ2n) is 6.11. The van der Waals surface area contributed by atoms with Gasteiger partial charge in [0.1, 0.15) is 0 Å². The Morgan fingerprint density at radius 1 is 1.08 bits per heavy atom. The minimum Gasteiger partial charge on any atom is -0.338 e. The van der Waals surface area contributed by atoms with Crippen molar-refractivity contribution in [3.05, 3.63) is 65.2 Å². The molecule has 0 bridgehead atoms. The van der Waals surface area contributed by atoms with Gasteiger partial charge in [-0.2, -0.15) is 0 Å². The molecule has 2 amide bonds. The molecule has 1 aliphatic heterocycles. The van der Waals surface area contributed by atoms with Gasteiger partial charge in [-0.15, -0.1) is 0 Å². The van der Waals surface area contributed by atoms with Crippen LogP contribution in [0.15, 0.2) is 48.5 Å². The Balaban J connectivity index is 1.68. The molecule has 3 rings (SSSR count). The topological polar surface area (TPSA) is 49.4 Å². The van der Waals surface area contributed by atoms with Crippen LogP contribution in [0.1, 0.15) is 30.0 Å². The molecule has 1 N–H and O–H groups in total. The molecule has 0 saturated carbocycles. The number of carbonyl (C=O) groups excluding carboxylic acids is 2. The zero-order chi connectivity index (χ0) is 16.9. The molecule has 2 aromatic carbocycles. The van der Waals surface area contributed by atoms with E-state index < -0.39 is 0 Å². The Labute approximate surface area is 142 Å². The lowest BCUT2D eigenvalue weighted by Crippen LogP contribution is -2.31. The van der Waals surface area contributed by atoms with Crippen LogP contribution in [-0.4, -0.2) is 23.3 Å². The zero-order valence-electron chi connectivity index (χ0n) is 13.9. The van der Waals surface area contributed by atoms with Crippen LogP contribution in [0.2, 0.25) is 0 Å². The van der Waals surface area contributed by atoms with Crippen LogP contribution in [0.3, 0.4) is 0 Å². The van der Waals surface area contributed by atoms with E-state index in [1.54, 1.807) is 0 Å². The fraction of sp³-hybridized carbons (Fsp3) is 0.300. The summed E-state index contributed by atoms with van der Waals surface area (Å²) in [6.07, 6.45) is 1.64. The van der Waals surface area contributed by atoms with E-state index in [9.17, 15) is 9.59 Å². The number of nitrogens with one attached hydrogen (secondary N) is 1. The molecule has 24 heavy (non-hydrogen) atoms. The van der Waals surface area contributed by atoms with Gasteiger partial charge in [-0.25, -0.2) is 0 Å². The van der Waals surface area contributed by atoms with Crippen LogP contribution in [0.4, 0.5) is 5.69 Å². The third-order valence-corrected chi connectivity index (χ3v) is 4.37. The fourth-order valence-corrected chi connectivity index (χ4v) is 3.01. The molecule has 1 aliphatic rings. The maximum atomic E-state index is 12.6. The summed E-state index contributed by atoms with van der Waals surface area (Å²) in [4.78, 5) is 25.9.